The van der Waals surface area contributed by atoms with Crippen molar-refractivity contribution in [2.45, 2.75) is 32.7 Å². The summed E-state index contributed by atoms with van der Waals surface area (Å²) in [6.45, 7) is 3.39. The summed E-state index contributed by atoms with van der Waals surface area (Å²) in [7, 11) is 0. The molecule has 3 rings (SSSR count). The summed E-state index contributed by atoms with van der Waals surface area (Å²) < 4.78 is 28.5. The Kier molecular flexibility index (Phi) is 5.66. The molecule has 0 saturated heterocycles. The van der Waals surface area contributed by atoms with Gasteiger partial charge in [-0.15, -0.1) is 0 Å². The van der Waals surface area contributed by atoms with Crippen LogP contribution in [-0.2, 0) is 13.0 Å². The van der Waals surface area contributed by atoms with Crippen LogP contribution in [0.5, 0.6) is 0 Å². The van der Waals surface area contributed by atoms with Crippen molar-refractivity contribution in [3.8, 4) is 0 Å². The molecular formula is C21H22F2N2O. The Morgan fingerprint density at radius 2 is 1.85 bits per heavy atom. The third-order valence-electron chi connectivity index (χ3n) is 4.41. The van der Waals surface area contributed by atoms with E-state index < -0.39 is 11.6 Å². The minimum atomic E-state index is -0.607. The number of hydrogen-bond acceptors (Lipinski definition) is 1. The number of hydrogen-bond donors (Lipinski definition) is 1. The zero-order valence-electron chi connectivity index (χ0n) is 14.8. The number of carbonyl (C=O) groups excluding carboxylic acids is 1. The van der Waals surface area contributed by atoms with Crippen molar-refractivity contribution in [3.05, 3.63) is 71.4 Å². The Labute approximate surface area is 151 Å². The Bertz CT molecular complexity index is 897. The number of carbonyl (C=O) groups is 1. The Hall–Kier alpha value is -2.69. The van der Waals surface area contributed by atoms with Gasteiger partial charge in [0.05, 0.1) is 0 Å². The average Bonchev–Trinajstić information content (AvgIpc) is 3.01. The Balaban J connectivity index is 1.65. The predicted octanol–water partition coefficient (Wildman–Crippen LogP) is 4.69. The van der Waals surface area contributed by atoms with Crippen LogP contribution < -0.4 is 5.32 Å². The molecule has 0 aliphatic heterocycles. The largest absolute Gasteiger partial charge is 0.352 e. The summed E-state index contributed by atoms with van der Waals surface area (Å²) in [6.07, 6.45) is 4.61. The molecule has 0 aliphatic carbocycles. The molecule has 0 saturated carbocycles. The highest BCUT2D eigenvalue weighted by Gasteiger charge is 2.09. The molecule has 1 amide bonds. The van der Waals surface area contributed by atoms with Crippen molar-refractivity contribution < 1.29 is 13.6 Å². The van der Waals surface area contributed by atoms with Gasteiger partial charge in [0.2, 0.25) is 0 Å². The molecule has 0 fully saturated rings. The van der Waals surface area contributed by atoms with Gasteiger partial charge < -0.3 is 9.88 Å². The zero-order valence-corrected chi connectivity index (χ0v) is 14.8. The topological polar surface area (TPSA) is 34.0 Å². The summed E-state index contributed by atoms with van der Waals surface area (Å²) in [5, 5.41) is 3.92. The van der Waals surface area contributed by atoms with Gasteiger partial charge >= 0.3 is 0 Å². The second-order valence-corrected chi connectivity index (χ2v) is 6.42. The Morgan fingerprint density at radius 1 is 1.08 bits per heavy atom. The maximum absolute atomic E-state index is 13.2. The van der Waals surface area contributed by atoms with E-state index in [9.17, 15) is 13.6 Å². The van der Waals surface area contributed by atoms with Crippen molar-refractivity contribution in [2.24, 2.45) is 0 Å². The van der Waals surface area contributed by atoms with Gasteiger partial charge in [0.15, 0.2) is 0 Å². The van der Waals surface area contributed by atoms with E-state index in [1.54, 1.807) is 6.07 Å². The fraction of sp³-hybridized carbons (Fsp3) is 0.286. The van der Waals surface area contributed by atoms with Crippen molar-refractivity contribution in [3.63, 3.8) is 0 Å². The number of amides is 1. The van der Waals surface area contributed by atoms with Crippen LogP contribution in [0.4, 0.5) is 8.78 Å². The number of unbranched alkanes of at least 4 members (excludes halogenated alkanes) is 1. The van der Waals surface area contributed by atoms with E-state index in [1.165, 1.54) is 12.1 Å². The number of fused-ring (bicyclic) bond motifs is 1. The van der Waals surface area contributed by atoms with E-state index in [0.29, 0.717) is 24.1 Å². The number of rotatable bonds is 7. The molecule has 1 heterocycles. The molecule has 0 atom stereocenters. The fourth-order valence-corrected chi connectivity index (χ4v) is 3.03. The van der Waals surface area contributed by atoms with E-state index in [-0.39, 0.29) is 5.91 Å². The molecule has 5 heteroatoms. The first kappa shape index (κ1) is 18.1. The first-order chi connectivity index (χ1) is 12.6. The lowest BCUT2D eigenvalue weighted by Gasteiger charge is -2.08. The highest BCUT2D eigenvalue weighted by molar-refractivity contribution is 5.98. The van der Waals surface area contributed by atoms with Gasteiger partial charge in [-0.3, -0.25) is 4.79 Å². The highest BCUT2D eigenvalue weighted by Crippen LogP contribution is 2.18. The maximum atomic E-state index is 13.2. The predicted molar refractivity (Wildman–Crippen MR) is 99.2 cm³/mol. The summed E-state index contributed by atoms with van der Waals surface area (Å²) in [4.78, 5) is 12.4. The summed E-state index contributed by atoms with van der Waals surface area (Å²) in [6, 6.07) is 11.1. The zero-order chi connectivity index (χ0) is 18.5. The quantitative estimate of drug-likeness (QED) is 0.655. The van der Waals surface area contributed by atoms with Gasteiger partial charge in [-0.25, -0.2) is 8.78 Å². The molecule has 0 bridgehead atoms. The van der Waals surface area contributed by atoms with E-state index >= 15 is 0 Å². The summed E-state index contributed by atoms with van der Waals surface area (Å²) in [5.41, 5.74) is 2.14. The van der Waals surface area contributed by atoms with Crippen LogP contribution in [0.3, 0.4) is 0 Å². The number of aryl methyl sites for hydroxylation is 1. The SMILES string of the molecule is CCCCn1ccc2ccc(C(=O)NCCc3cc(F)cc(F)c3)cc21. The van der Waals surface area contributed by atoms with Crippen LogP contribution in [0.2, 0.25) is 0 Å². The third kappa shape index (κ3) is 4.28. The van der Waals surface area contributed by atoms with Crippen LogP contribution in [0.15, 0.2) is 48.7 Å². The van der Waals surface area contributed by atoms with Gasteiger partial charge in [0.25, 0.3) is 5.91 Å². The van der Waals surface area contributed by atoms with E-state index in [4.69, 9.17) is 0 Å². The normalized spacial score (nSPS) is 11.0. The second-order valence-electron chi connectivity index (χ2n) is 6.42. The highest BCUT2D eigenvalue weighted by atomic mass is 19.1. The van der Waals surface area contributed by atoms with E-state index in [1.807, 2.05) is 24.4 Å². The molecule has 1 N–H and O–H groups in total. The minimum Gasteiger partial charge on any atom is -0.352 e. The lowest BCUT2D eigenvalue weighted by molar-refractivity contribution is 0.0954. The first-order valence-electron chi connectivity index (χ1n) is 8.89. The number of aromatic nitrogens is 1. The number of nitrogens with one attached hydrogen (secondary N) is 1. The van der Waals surface area contributed by atoms with Crippen molar-refractivity contribution in [1.82, 2.24) is 9.88 Å². The van der Waals surface area contributed by atoms with Crippen molar-refractivity contribution in [2.75, 3.05) is 6.54 Å². The van der Waals surface area contributed by atoms with Crippen molar-refractivity contribution in [1.29, 1.82) is 0 Å². The molecular weight excluding hydrogens is 334 g/mol. The van der Waals surface area contributed by atoms with Gasteiger partial charge in [-0.1, -0.05) is 19.4 Å². The van der Waals surface area contributed by atoms with E-state index in [0.717, 1.165) is 36.4 Å². The van der Waals surface area contributed by atoms with Crippen molar-refractivity contribution >= 4 is 16.8 Å². The summed E-state index contributed by atoms with van der Waals surface area (Å²) >= 11 is 0. The number of benzene rings is 2. The molecule has 0 aliphatic rings. The molecule has 1 aromatic heterocycles. The lowest BCUT2D eigenvalue weighted by Crippen LogP contribution is -2.25. The molecule has 0 spiro atoms. The van der Waals surface area contributed by atoms with Crippen LogP contribution in [0.1, 0.15) is 35.7 Å². The monoisotopic (exact) mass is 356 g/mol. The summed E-state index contributed by atoms with van der Waals surface area (Å²) in [5.74, 6) is -1.40. The molecule has 3 nitrogen and oxygen atoms in total. The molecule has 2 aromatic carbocycles. The lowest BCUT2D eigenvalue weighted by atomic mass is 10.1. The van der Waals surface area contributed by atoms with Crippen LogP contribution in [0.25, 0.3) is 10.9 Å². The van der Waals surface area contributed by atoms with E-state index in [2.05, 4.69) is 16.8 Å². The smallest absolute Gasteiger partial charge is 0.251 e. The molecule has 0 unspecified atom stereocenters. The second kappa shape index (κ2) is 8.13. The number of nitrogens with zero attached hydrogens (tertiary/aromatic N) is 1. The molecule has 0 radical (unpaired) electrons. The Morgan fingerprint density at radius 3 is 2.58 bits per heavy atom. The third-order valence-corrected chi connectivity index (χ3v) is 4.41. The number of halogens is 2. The van der Waals surface area contributed by atoms with Gasteiger partial charge in [-0.05, 0) is 54.1 Å². The van der Waals surface area contributed by atoms with Crippen LogP contribution in [0, 0.1) is 11.6 Å². The van der Waals surface area contributed by atoms with Gasteiger partial charge in [0, 0.05) is 36.4 Å². The molecule has 26 heavy (non-hydrogen) atoms. The van der Waals surface area contributed by atoms with Gasteiger partial charge in [0.1, 0.15) is 11.6 Å². The van der Waals surface area contributed by atoms with Gasteiger partial charge in [-0.2, -0.15) is 0 Å². The van der Waals surface area contributed by atoms with Crippen LogP contribution in [-0.4, -0.2) is 17.0 Å². The first-order valence-corrected chi connectivity index (χ1v) is 8.89. The molecule has 136 valence electrons. The minimum absolute atomic E-state index is 0.188. The average molecular weight is 356 g/mol. The fourth-order valence-electron chi connectivity index (χ4n) is 3.03. The molecule has 3 aromatic rings. The van der Waals surface area contributed by atoms with Crippen LogP contribution >= 0.6 is 0 Å². The maximum Gasteiger partial charge on any atom is 0.251 e. The standard InChI is InChI=1S/C21H22F2N2O/c1-2-3-9-25-10-7-16-4-5-17(13-20(16)25)21(26)24-8-6-15-11-18(22)14-19(23)12-15/h4-5,7,10-14H,2-3,6,8-9H2,1H3,(H,24,26).